The molecule has 62 heavy (non-hydrogen) atoms. The Morgan fingerprint density at radius 3 is 0.919 bits per heavy atom. The Labute approximate surface area is 387 Å². The Hall–Kier alpha value is -1.59. The highest BCUT2D eigenvalue weighted by molar-refractivity contribution is 5.71. The second-order valence-electron chi connectivity index (χ2n) is 19.9. The van der Waals surface area contributed by atoms with E-state index >= 15 is 0 Å². The van der Waals surface area contributed by atoms with Crippen molar-refractivity contribution in [3.63, 3.8) is 0 Å². The highest BCUT2D eigenvalue weighted by atomic mass is 16.6. The largest absolute Gasteiger partial charge is 0.462 e. The van der Waals surface area contributed by atoms with Gasteiger partial charge in [0.2, 0.25) is 0 Å². The third-order valence-corrected chi connectivity index (χ3v) is 13.1. The van der Waals surface area contributed by atoms with Gasteiger partial charge in [-0.25, -0.2) is 0 Å². The first kappa shape index (κ1) is 60.4. The average Bonchev–Trinajstić information content (AvgIpc) is 3.26. The number of rotatable bonds is 50. The molecule has 0 aliphatic rings. The van der Waals surface area contributed by atoms with E-state index in [4.69, 9.17) is 14.2 Å². The van der Waals surface area contributed by atoms with E-state index in [-0.39, 0.29) is 31.1 Å². The van der Waals surface area contributed by atoms with Crippen molar-refractivity contribution in [3.8, 4) is 0 Å². The van der Waals surface area contributed by atoms with Crippen LogP contribution in [-0.2, 0) is 28.6 Å². The van der Waals surface area contributed by atoms with Gasteiger partial charge in [-0.05, 0) is 31.1 Å². The molecule has 0 aromatic carbocycles. The zero-order valence-corrected chi connectivity index (χ0v) is 42.5. The molecule has 6 heteroatoms. The van der Waals surface area contributed by atoms with E-state index in [0.717, 1.165) is 69.6 Å². The van der Waals surface area contributed by atoms with Crippen molar-refractivity contribution in [2.75, 3.05) is 13.2 Å². The molecule has 6 nitrogen and oxygen atoms in total. The van der Waals surface area contributed by atoms with Crippen LogP contribution in [0.15, 0.2) is 0 Å². The normalized spacial score (nSPS) is 12.5. The second kappa shape index (κ2) is 48.9. The first-order valence-electron chi connectivity index (χ1n) is 27.8. The Morgan fingerprint density at radius 1 is 0.339 bits per heavy atom. The molecule has 2 atom stereocenters. The number of esters is 3. The fourth-order valence-corrected chi connectivity index (χ4v) is 8.49. The Morgan fingerprint density at radius 2 is 0.613 bits per heavy atom. The highest BCUT2D eigenvalue weighted by Crippen LogP contribution is 2.18. The van der Waals surface area contributed by atoms with Gasteiger partial charge in [-0.2, -0.15) is 0 Å². The summed E-state index contributed by atoms with van der Waals surface area (Å²) in [5.41, 5.74) is 0. The topological polar surface area (TPSA) is 78.9 Å². The molecule has 0 radical (unpaired) electrons. The Kier molecular flexibility index (Phi) is 47.6. The molecule has 0 fully saturated rings. The molecule has 0 aromatic rings. The van der Waals surface area contributed by atoms with Gasteiger partial charge in [-0.15, -0.1) is 0 Å². The van der Waals surface area contributed by atoms with Crippen LogP contribution in [0.3, 0.4) is 0 Å². The zero-order valence-electron chi connectivity index (χ0n) is 42.5. The number of carbonyl (C=O) groups is 3. The van der Waals surface area contributed by atoms with E-state index in [1.54, 1.807) is 0 Å². The van der Waals surface area contributed by atoms with Crippen LogP contribution in [-0.4, -0.2) is 37.2 Å². The minimum Gasteiger partial charge on any atom is -0.462 e. The summed E-state index contributed by atoms with van der Waals surface area (Å²) < 4.78 is 16.8. The van der Waals surface area contributed by atoms with Crippen LogP contribution in [0.1, 0.15) is 311 Å². The quantitative estimate of drug-likeness (QED) is 0.0344. The molecule has 0 saturated heterocycles. The van der Waals surface area contributed by atoms with Gasteiger partial charge in [-0.3, -0.25) is 14.4 Å². The van der Waals surface area contributed by atoms with Gasteiger partial charge < -0.3 is 14.2 Å². The van der Waals surface area contributed by atoms with Gasteiger partial charge in [0.05, 0.1) is 0 Å². The zero-order chi connectivity index (χ0) is 45.4. The maximum atomic E-state index is 12.8. The minimum absolute atomic E-state index is 0.0633. The lowest BCUT2D eigenvalue weighted by molar-refractivity contribution is -0.167. The van der Waals surface area contributed by atoms with Crippen molar-refractivity contribution in [2.45, 2.75) is 317 Å². The minimum atomic E-state index is -0.761. The molecule has 0 aliphatic carbocycles. The van der Waals surface area contributed by atoms with Crippen molar-refractivity contribution in [3.05, 3.63) is 0 Å². The van der Waals surface area contributed by atoms with E-state index in [1.165, 1.54) is 199 Å². The van der Waals surface area contributed by atoms with Gasteiger partial charge in [-0.1, -0.05) is 272 Å². The summed E-state index contributed by atoms with van der Waals surface area (Å²) in [5.74, 6) is 0.880. The molecule has 0 rings (SSSR count). The molecule has 0 spiro atoms. The molecule has 0 N–H and O–H groups in total. The van der Waals surface area contributed by atoms with Crippen LogP contribution in [0.25, 0.3) is 0 Å². The molecular weight excluding hydrogens is 769 g/mol. The Bertz CT molecular complexity index is 949. The van der Waals surface area contributed by atoms with Crippen molar-refractivity contribution in [2.24, 2.45) is 11.8 Å². The van der Waals surface area contributed by atoms with E-state index in [0.29, 0.717) is 19.3 Å². The van der Waals surface area contributed by atoms with Gasteiger partial charge in [0.15, 0.2) is 6.10 Å². The molecule has 0 aliphatic heterocycles. The molecule has 0 aromatic heterocycles. The summed E-state index contributed by atoms with van der Waals surface area (Å²) in [6.07, 6.45) is 50.9. The number of ether oxygens (including phenoxy) is 3. The van der Waals surface area contributed by atoms with E-state index in [2.05, 4.69) is 34.6 Å². The van der Waals surface area contributed by atoms with Gasteiger partial charge in [0.1, 0.15) is 13.2 Å². The lowest BCUT2D eigenvalue weighted by Gasteiger charge is -2.18. The smallest absolute Gasteiger partial charge is 0.306 e. The third-order valence-electron chi connectivity index (χ3n) is 13.1. The fraction of sp³-hybridized carbons (Fsp3) is 0.946. The lowest BCUT2D eigenvalue weighted by Crippen LogP contribution is -2.30. The van der Waals surface area contributed by atoms with Gasteiger partial charge in [0, 0.05) is 19.3 Å². The van der Waals surface area contributed by atoms with Crippen LogP contribution >= 0.6 is 0 Å². The van der Waals surface area contributed by atoms with Gasteiger partial charge in [0.25, 0.3) is 0 Å². The summed E-state index contributed by atoms with van der Waals surface area (Å²) in [6, 6.07) is 0. The molecular formula is C56H108O6. The summed E-state index contributed by atoms with van der Waals surface area (Å²) in [6.45, 7) is 11.4. The fourth-order valence-electron chi connectivity index (χ4n) is 8.49. The van der Waals surface area contributed by atoms with Gasteiger partial charge >= 0.3 is 17.9 Å². The number of unbranched alkanes of at least 4 members (excludes halogenated alkanes) is 34. The molecule has 368 valence electrons. The van der Waals surface area contributed by atoms with Crippen molar-refractivity contribution in [1.29, 1.82) is 0 Å². The van der Waals surface area contributed by atoms with Crippen molar-refractivity contribution in [1.82, 2.24) is 0 Å². The van der Waals surface area contributed by atoms with E-state index in [9.17, 15) is 14.4 Å². The van der Waals surface area contributed by atoms with Crippen LogP contribution in [0.2, 0.25) is 0 Å². The maximum absolute atomic E-state index is 12.8. The summed E-state index contributed by atoms with van der Waals surface area (Å²) in [5, 5.41) is 0. The maximum Gasteiger partial charge on any atom is 0.306 e. The van der Waals surface area contributed by atoms with E-state index < -0.39 is 6.10 Å². The van der Waals surface area contributed by atoms with Crippen molar-refractivity contribution >= 4 is 17.9 Å². The average molecular weight is 877 g/mol. The predicted octanol–water partition coefficient (Wildman–Crippen LogP) is 18.1. The second-order valence-corrected chi connectivity index (χ2v) is 19.9. The van der Waals surface area contributed by atoms with Crippen LogP contribution < -0.4 is 0 Å². The Balaban J connectivity index is 4.19. The summed E-state index contributed by atoms with van der Waals surface area (Å²) >= 11 is 0. The molecule has 1 unspecified atom stereocenters. The predicted molar refractivity (Wildman–Crippen MR) is 266 cm³/mol. The molecule has 0 saturated carbocycles. The molecule has 0 heterocycles. The highest BCUT2D eigenvalue weighted by Gasteiger charge is 2.19. The van der Waals surface area contributed by atoms with Crippen LogP contribution in [0.5, 0.6) is 0 Å². The summed E-state index contributed by atoms with van der Waals surface area (Å²) in [4.78, 5) is 38.0. The SMILES string of the molecule is CCCCCCCCCCCC(=O)OC[C@H](COC(=O)CCCCCCCCCCCCCCCCCCCCC(C)C)OC(=O)CCCCCCCCCCCCC(C)CC. The first-order valence-corrected chi connectivity index (χ1v) is 27.8. The standard InChI is InChI=1S/C56H108O6/c1-6-8-9-10-11-24-31-36-41-46-54(57)60-49-53(62-56(59)48-43-38-33-28-23-22-26-30-35-40-45-52(5)7-2)50-61-55(58)47-42-37-32-27-21-19-17-15-13-12-14-16-18-20-25-29-34-39-44-51(3)4/h51-53H,6-50H2,1-5H3/t52?,53-/m1/s1. The molecule has 0 amide bonds. The van der Waals surface area contributed by atoms with Crippen LogP contribution in [0.4, 0.5) is 0 Å². The van der Waals surface area contributed by atoms with Crippen molar-refractivity contribution < 1.29 is 28.6 Å². The van der Waals surface area contributed by atoms with E-state index in [1.807, 2.05) is 0 Å². The first-order chi connectivity index (χ1) is 30.3. The lowest BCUT2D eigenvalue weighted by atomic mass is 9.99. The summed E-state index contributed by atoms with van der Waals surface area (Å²) in [7, 11) is 0. The number of hydrogen-bond donors (Lipinski definition) is 0. The number of hydrogen-bond acceptors (Lipinski definition) is 6. The van der Waals surface area contributed by atoms with Crippen LogP contribution in [0, 0.1) is 11.8 Å². The monoisotopic (exact) mass is 877 g/mol. The molecule has 0 bridgehead atoms. The third kappa shape index (κ3) is 47.9. The number of carbonyl (C=O) groups excluding carboxylic acids is 3.